The lowest BCUT2D eigenvalue weighted by atomic mass is 10.8. The Morgan fingerprint density at radius 3 is 2.25 bits per heavy atom. The Labute approximate surface area is 46.4 Å². The SMILES string of the molecule is CC=CP1(=O)OOO1. The zero-order valence-electron chi connectivity index (χ0n) is 4.23. The van der Waals surface area contributed by atoms with Gasteiger partial charge in [-0.2, -0.15) is 0 Å². The second-order valence-electron chi connectivity index (χ2n) is 1.24. The van der Waals surface area contributed by atoms with Crippen molar-refractivity contribution in [3.05, 3.63) is 11.9 Å². The highest BCUT2D eigenvalue weighted by Crippen LogP contribution is 2.57. The lowest BCUT2D eigenvalue weighted by molar-refractivity contribution is -0.485. The molecule has 0 spiro atoms. The fraction of sp³-hybridized carbons (Fsp3) is 0.333. The molecule has 5 heteroatoms. The smallest absolute Gasteiger partial charge is 0.250 e. The molecule has 1 aliphatic rings. The molecule has 0 N–H and O–H groups in total. The van der Waals surface area contributed by atoms with Crippen LogP contribution in [-0.4, -0.2) is 0 Å². The van der Waals surface area contributed by atoms with Crippen LogP contribution in [0.3, 0.4) is 0 Å². The molecule has 0 aromatic rings. The minimum Gasteiger partial charge on any atom is -0.250 e. The Morgan fingerprint density at radius 1 is 1.50 bits per heavy atom. The first-order chi connectivity index (χ1) is 3.77. The van der Waals surface area contributed by atoms with Crippen LogP contribution < -0.4 is 0 Å². The van der Waals surface area contributed by atoms with E-state index in [1.165, 1.54) is 5.82 Å². The molecule has 0 saturated carbocycles. The summed E-state index contributed by atoms with van der Waals surface area (Å²) in [5.41, 5.74) is 0. The highest BCUT2D eigenvalue weighted by atomic mass is 31.2. The molecule has 0 atom stereocenters. The van der Waals surface area contributed by atoms with Crippen molar-refractivity contribution in [2.45, 2.75) is 6.92 Å². The van der Waals surface area contributed by atoms with Crippen molar-refractivity contribution in [2.24, 2.45) is 0 Å². The third-order valence-electron chi connectivity index (χ3n) is 0.600. The topological polar surface area (TPSA) is 44.8 Å². The van der Waals surface area contributed by atoms with Crippen molar-refractivity contribution >= 4 is 7.60 Å². The van der Waals surface area contributed by atoms with Gasteiger partial charge in [0.1, 0.15) is 0 Å². The van der Waals surface area contributed by atoms with Gasteiger partial charge in [0.15, 0.2) is 0 Å². The van der Waals surface area contributed by atoms with E-state index in [0.29, 0.717) is 0 Å². The number of allylic oxidation sites excluding steroid dienone is 1. The molecule has 0 aromatic carbocycles. The molecule has 1 saturated heterocycles. The van der Waals surface area contributed by atoms with E-state index < -0.39 is 7.60 Å². The summed E-state index contributed by atoms with van der Waals surface area (Å²) in [6.07, 6.45) is 1.57. The summed E-state index contributed by atoms with van der Waals surface area (Å²) in [6, 6.07) is 0. The lowest BCUT2D eigenvalue weighted by Gasteiger charge is -2.17. The van der Waals surface area contributed by atoms with E-state index in [1.54, 1.807) is 13.0 Å². The third kappa shape index (κ3) is 0.980. The lowest BCUT2D eigenvalue weighted by Crippen LogP contribution is -2.03. The van der Waals surface area contributed by atoms with Crippen LogP contribution in [0.25, 0.3) is 0 Å². The van der Waals surface area contributed by atoms with Gasteiger partial charge in [-0.3, -0.25) is 4.57 Å². The zero-order valence-corrected chi connectivity index (χ0v) is 5.13. The molecule has 1 aliphatic heterocycles. The Hall–Kier alpha value is -0.150. The molecule has 46 valence electrons. The van der Waals surface area contributed by atoms with Crippen molar-refractivity contribution in [3.8, 4) is 0 Å². The third-order valence-corrected chi connectivity index (χ3v) is 1.80. The first-order valence-corrected chi connectivity index (χ1v) is 3.66. The average Bonchev–Trinajstić information content (AvgIpc) is 1.64. The molecule has 0 bridgehead atoms. The van der Waals surface area contributed by atoms with Gasteiger partial charge >= 0.3 is 7.60 Å². The van der Waals surface area contributed by atoms with E-state index in [2.05, 4.69) is 14.4 Å². The van der Waals surface area contributed by atoms with Gasteiger partial charge in [0.05, 0.1) is 0 Å². The molecule has 0 unspecified atom stereocenters. The van der Waals surface area contributed by atoms with Crippen molar-refractivity contribution in [2.75, 3.05) is 0 Å². The van der Waals surface area contributed by atoms with E-state index in [0.717, 1.165) is 0 Å². The predicted octanol–water partition coefficient (Wildman–Crippen LogP) is 1.61. The first-order valence-electron chi connectivity index (χ1n) is 2.05. The summed E-state index contributed by atoms with van der Waals surface area (Å²) < 4.78 is 18.8. The second-order valence-corrected chi connectivity index (χ2v) is 2.92. The normalized spacial score (nSPS) is 25.6. The van der Waals surface area contributed by atoms with Crippen molar-refractivity contribution in [1.82, 2.24) is 0 Å². The maximum atomic E-state index is 10.6. The van der Waals surface area contributed by atoms with Crippen LogP contribution in [0.15, 0.2) is 11.9 Å². The molecule has 1 heterocycles. The van der Waals surface area contributed by atoms with E-state index >= 15 is 0 Å². The Kier molecular flexibility index (Phi) is 1.49. The summed E-state index contributed by atoms with van der Waals surface area (Å²) in [4.78, 5) is 0. The minimum absolute atomic E-state index is 1.32. The summed E-state index contributed by atoms with van der Waals surface area (Å²) >= 11 is 0. The van der Waals surface area contributed by atoms with Crippen molar-refractivity contribution in [3.63, 3.8) is 0 Å². The van der Waals surface area contributed by atoms with Gasteiger partial charge in [-0.1, -0.05) is 11.1 Å². The second kappa shape index (κ2) is 1.99. The first kappa shape index (κ1) is 5.98. The molecule has 1 rings (SSSR count). The molecule has 1 fully saturated rings. The van der Waals surface area contributed by atoms with Crippen molar-refractivity contribution in [1.29, 1.82) is 0 Å². The maximum absolute atomic E-state index is 10.6. The highest BCUT2D eigenvalue weighted by molar-refractivity contribution is 7.57. The fourth-order valence-corrected chi connectivity index (χ4v) is 0.968. The van der Waals surface area contributed by atoms with Crippen LogP contribution in [0.2, 0.25) is 0 Å². The van der Waals surface area contributed by atoms with Gasteiger partial charge < -0.3 is 0 Å². The molecular weight excluding hydrogens is 131 g/mol. The van der Waals surface area contributed by atoms with Crippen LogP contribution in [0.5, 0.6) is 0 Å². The Bertz CT molecular complexity index is 143. The van der Waals surface area contributed by atoms with E-state index in [1.807, 2.05) is 0 Å². The van der Waals surface area contributed by atoms with Gasteiger partial charge in [0, 0.05) is 5.82 Å². The van der Waals surface area contributed by atoms with Crippen LogP contribution in [-0.2, 0) is 19.0 Å². The van der Waals surface area contributed by atoms with Crippen LogP contribution >= 0.6 is 7.60 Å². The summed E-state index contributed by atoms with van der Waals surface area (Å²) in [5, 5.41) is 3.78. The van der Waals surface area contributed by atoms with Gasteiger partial charge in [-0.15, -0.1) is 9.35 Å². The molecule has 4 nitrogen and oxygen atoms in total. The minimum atomic E-state index is -2.90. The Morgan fingerprint density at radius 2 is 2.12 bits per heavy atom. The van der Waals surface area contributed by atoms with Crippen LogP contribution in [0.1, 0.15) is 6.92 Å². The van der Waals surface area contributed by atoms with E-state index in [9.17, 15) is 4.57 Å². The standard InChI is InChI=1S/C3H5O4P/c1-2-3-8(4)6-5-7-8/h2-3H,1H3. The zero-order chi connectivity index (χ0) is 6.04. The maximum Gasteiger partial charge on any atom is 0.412 e. The number of hydrogen-bond donors (Lipinski definition) is 0. The molecule has 0 radical (unpaired) electrons. The Balaban J connectivity index is 2.54. The predicted molar refractivity (Wildman–Crippen MR) is 25.7 cm³/mol. The van der Waals surface area contributed by atoms with E-state index in [-0.39, 0.29) is 0 Å². The van der Waals surface area contributed by atoms with Gasteiger partial charge in [-0.25, -0.2) is 0 Å². The summed E-state index contributed by atoms with van der Waals surface area (Å²) in [7, 11) is -2.90. The monoisotopic (exact) mass is 136 g/mol. The van der Waals surface area contributed by atoms with E-state index in [4.69, 9.17) is 0 Å². The number of hydrogen-bond acceptors (Lipinski definition) is 4. The summed E-state index contributed by atoms with van der Waals surface area (Å²) in [6.45, 7) is 1.71. The van der Waals surface area contributed by atoms with Crippen LogP contribution in [0, 0.1) is 0 Å². The quantitative estimate of drug-likeness (QED) is 0.405. The highest BCUT2D eigenvalue weighted by Gasteiger charge is 2.34. The average molecular weight is 136 g/mol. The fourth-order valence-electron chi connectivity index (χ4n) is 0.323. The van der Waals surface area contributed by atoms with Gasteiger partial charge in [0.25, 0.3) is 0 Å². The number of rotatable bonds is 1. The molecular formula is C3H5O4P. The molecule has 0 amide bonds. The van der Waals surface area contributed by atoms with Gasteiger partial charge in [-0.05, 0) is 6.92 Å². The molecule has 8 heavy (non-hydrogen) atoms. The molecule has 0 aliphatic carbocycles. The molecule has 0 aromatic heterocycles. The largest absolute Gasteiger partial charge is 0.412 e. The van der Waals surface area contributed by atoms with Crippen LogP contribution in [0.4, 0.5) is 0 Å². The van der Waals surface area contributed by atoms with Gasteiger partial charge in [0.2, 0.25) is 0 Å². The van der Waals surface area contributed by atoms with Crippen molar-refractivity contribution < 1.29 is 19.0 Å². The summed E-state index contributed by atoms with van der Waals surface area (Å²) in [5.74, 6) is 1.32.